The van der Waals surface area contributed by atoms with Gasteiger partial charge in [0.05, 0.1) is 11.9 Å². The number of aryl methyl sites for hydroxylation is 1. The fourth-order valence-corrected chi connectivity index (χ4v) is 4.96. The van der Waals surface area contributed by atoms with Gasteiger partial charge in [0.25, 0.3) is 0 Å². The highest BCUT2D eigenvalue weighted by Gasteiger charge is 2.32. The van der Waals surface area contributed by atoms with Gasteiger partial charge in [-0.3, -0.25) is 13.9 Å². The Labute approximate surface area is 218 Å². The van der Waals surface area contributed by atoms with E-state index >= 15 is 0 Å². The van der Waals surface area contributed by atoms with E-state index in [0.717, 1.165) is 22.5 Å². The molecule has 0 saturated carbocycles. The van der Waals surface area contributed by atoms with Crippen LogP contribution in [0.5, 0.6) is 0 Å². The maximum atomic E-state index is 13.6. The Bertz CT molecular complexity index is 1140. The quantitative estimate of drug-likeness (QED) is 0.448. The Morgan fingerprint density at radius 3 is 2.14 bits per heavy atom. The van der Waals surface area contributed by atoms with E-state index in [1.165, 1.54) is 4.90 Å². The largest absolute Gasteiger partial charge is 0.352 e. The molecule has 0 bridgehead atoms. The molecule has 1 atom stereocenters. The van der Waals surface area contributed by atoms with E-state index in [4.69, 9.17) is 23.2 Å². The van der Waals surface area contributed by atoms with Gasteiger partial charge in [0, 0.05) is 22.6 Å². The summed E-state index contributed by atoms with van der Waals surface area (Å²) < 4.78 is 26.4. The molecule has 0 radical (unpaired) electrons. The second-order valence-corrected chi connectivity index (χ2v) is 11.4. The molecule has 0 aliphatic heterocycles. The summed E-state index contributed by atoms with van der Waals surface area (Å²) in [7, 11) is -3.78. The number of benzene rings is 2. The molecule has 0 saturated heterocycles. The molecule has 0 aliphatic carbocycles. The highest BCUT2D eigenvalue weighted by Crippen LogP contribution is 2.25. The van der Waals surface area contributed by atoms with Crippen LogP contribution in [0.15, 0.2) is 42.5 Å². The maximum absolute atomic E-state index is 13.6. The van der Waals surface area contributed by atoms with E-state index in [1.807, 2.05) is 32.9 Å². The minimum atomic E-state index is -3.78. The average Bonchev–Trinajstić information content (AvgIpc) is 2.77. The normalized spacial score (nSPS) is 12.3. The van der Waals surface area contributed by atoms with Gasteiger partial charge >= 0.3 is 0 Å². The number of carbonyl (C=O) groups is 2. The zero-order valence-electron chi connectivity index (χ0n) is 20.7. The van der Waals surface area contributed by atoms with Crippen LogP contribution in [-0.2, 0) is 32.6 Å². The lowest BCUT2D eigenvalue weighted by atomic mass is 10.1. The van der Waals surface area contributed by atoms with Gasteiger partial charge in [0.15, 0.2) is 0 Å². The van der Waals surface area contributed by atoms with Crippen molar-refractivity contribution in [3.8, 4) is 0 Å². The van der Waals surface area contributed by atoms with E-state index < -0.39 is 28.5 Å². The third-order valence-electron chi connectivity index (χ3n) is 5.48. The van der Waals surface area contributed by atoms with Gasteiger partial charge in [-0.25, -0.2) is 8.42 Å². The molecular formula is C25H33Cl2N3O4S. The fraction of sp³-hybridized carbons (Fsp3) is 0.440. The Kier molecular flexibility index (Phi) is 10.4. The summed E-state index contributed by atoms with van der Waals surface area (Å²) >= 11 is 12.4. The molecule has 0 aromatic heterocycles. The van der Waals surface area contributed by atoms with Crippen LogP contribution in [0.3, 0.4) is 0 Å². The van der Waals surface area contributed by atoms with Gasteiger partial charge in [-0.15, -0.1) is 0 Å². The summed E-state index contributed by atoms with van der Waals surface area (Å²) in [5.74, 6) is -0.842. The second kappa shape index (κ2) is 12.6. The average molecular weight is 543 g/mol. The van der Waals surface area contributed by atoms with Crippen molar-refractivity contribution in [2.45, 2.75) is 59.2 Å². The lowest BCUT2D eigenvalue weighted by Crippen LogP contribution is -2.53. The van der Waals surface area contributed by atoms with Gasteiger partial charge in [0.2, 0.25) is 21.8 Å². The molecule has 2 aromatic carbocycles. The molecule has 0 heterocycles. The summed E-state index contributed by atoms with van der Waals surface area (Å²) in [6, 6.07) is 11.0. The van der Waals surface area contributed by atoms with Gasteiger partial charge in [-0.1, -0.05) is 55.2 Å². The highest BCUT2D eigenvalue weighted by molar-refractivity contribution is 7.92. The minimum absolute atomic E-state index is 0.0191. The summed E-state index contributed by atoms with van der Waals surface area (Å²) in [5, 5.41) is 3.64. The molecule has 2 aromatic rings. The number of amides is 2. The number of nitrogens with zero attached hydrogens (tertiary/aromatic N) is 2. The fourth-order valence-electron chi connectivity index (χ4n) is 3.65. The first-order valence-corrected chi connectivity index (χ1v) is 14.1. The molecule has 192 valence electrons. The summed E-state index contributed by atoms with van der Waals surface area (Å²) in [6.45, 7) is 7.02. The number of nitrogens with one attached hydrogen (secondary N) is 1. The van der Waals surface area contributed by atoms with Crippen LogP contribution >= 0.6 is 23.2 Å². The molecule has 0 spiro atoms. The van der Waals surface area contributed by atoms with E-state index in [9.17, 15) is 18.0 Å². The summed E-state index contributed by atoms with van der Waals surface area (Å²) in [5.41, 5.74) is 2.02. The number of halogens is 2. The zero-order valence-corrected chi connectivity index (χ0v) is 23.0. The molecule has 2 rings (SSSR count). The van der Waals surface area contributed by atoms with Crippen molar-refractivity contribution in [1.29, 1.82) is 0 Å². The molecule has 35 heavy (non-hydrogen) atoms. The topological polar surface area (TPSA) is 86.8 Å². The third-order valence-corrected chi connectivity index (χ3v) is 7.21. The molecule has 1 N–H and O–H groups in total. The van der Waals surface area contributed by atoms with E-state index in [0.29, 0.717) is 27.7 Å². The number of hydrogen-bond donors (Lipinski definition) is 1. The Morgan fingerprint density at radius 1 is 1.03 bits per heavy atom. The third kappa shape index (κ3) is 8.12. The summed E-state index contributed by atoms with van der Waals surface area (Å²) in [4.78, 5) is 28.0. The van der Waals surface area contributed by atoms with Crippen molar-refractivity contribution in [2.24, 2.45) is 0 Å². The van der Waals surface area contributed by atoms with Crippen molar-refractivity contribution in [3.05, 3.63) is 63.6 Å². The predicted octanol–water partition coefficient (Wildman–Crippen LogP) is 4.65. The first kappa shape index (κ1) is 28.9. The first-order chi connectivity index (χ1) is 16.4. The van der Waals surface area contributed by atoms with Gasteiger partial charge in [0.1, 0.15) is 12.6 Å². The van der Waals surface area contributed by atoms with E-state index in [2.05, 4.69) is 5.32 Å². The van der Waals surface area contributed by atoms with Crippen LogP contribution in [0.4, 0.5) is 5.69 Å². The molecule has 10 heteroatoms. The van der Waals surface area contributed by atoms with Crippen molar-refractivity contribution >= 4 is 50.7 Å². The van der Waals surface area contributed by atoms with E-state index in [1.54, 1.807) is 37.3 Å². The maximum Gasteiger partial charge on any atom is 0.244 e. The van der Waals surface area contributed by atoms with Crippen molar-refractivity contribution < 1.29 is 18.0 Å². The first-order valence-electron chi connectivity index (χ1n) is 11.5. The highest BCUT2D eigenvalue weighted by atomic mass is 35.5. The molecule has 2 amide bonds. The lowest BCUT2D eigenvalue weighted by Gasteiger charge is -2.33. The van der Waals surface area contributed by atoms with Crippen LogP contribution in [0.2, 0.25) is 10.0 Å². The van der Waals surface area contributed by atoms with Gasteiger partial charge in [-0.05, 0) is 62.1 Å². The number of rotatable bonds is 11. The van der Waals surface area contributed by atoms with Crippen LogP contribution in [0, 0.1) is 0 Å². The van der Waals surface area contributed by atoms with Crippen LogP contribution in [0.25, 0.3) is 0 Å². The number of anilines is 1. The van der Waals surface area contributed by atoms with Crippen molar-refractivity contribution in [2.75, 3.05) is 17.1 Å². The van der Waals surface area contributed by atoms with Gasteiger partial charge < -0.3 is 10.2 Å². The molecule has 0 aliphatic rings. The van der Waals surface area contributed by atoms with Crippen LogP contribution < -0.4 is 9.62 Å². The standard InChI is InChI=1S/C25H33Cl2N3O4S/c1-6-18-8-12-21(13-9-18)30(35(5,33)34)16-24(31)29(23(7-2)25(32)28-17(3)4)15-19-10-11-20(26)14-22(19)27/h8-14,17,23H,6-7,15-16H2,1-5H3,(H,28,32)/t23-/m0/s1. The molecule has 0 unspecified atom stereocenters. The van der Waals surface area contributed by atoms with E-state index in [-0.39, 0.29) is 18.5 Å². The number of carbonyl (C=O) groups excluding carboxylic acids is 2. The minimum Gasteiger partial charge on any atom is -0.352 e. The van der Waals surface area contributed by atoms with Crippen LogP contribution in [-0.4, -0.2) is 50.0 Å². The number of sulfonamides is 1. The molecule has 7 nitrogen and oxygen atoms in total. The lowest BCUT2D eigenvalue weighted by molar-refractivity contribution is -0.140. The Morgan fingerprint density at radius 2 is 1.66 bits per heavy atom. The SMILES string of the molecule is CCc1ccc(N(CC(=O)N(Cc2ccc(Cl)cc2Cl)[C@@H](CC)C(=O)NC(C)C)S(C)(=O)=O)cc1. The molecule has 0 fully saturated rings. The van der Waals surface area contributed by atoms with Crippen LogP contribution in [0.1, 0.15) is 45.2 Å². The summed E-state index contributed by atoms with van der Waals surface area (Å²) in [6.07, 6.45) is 2.19. The Balaban J connectivity index is 2.46. The van der Waals surface area contributed by atoms with Gasteiger partial charge in [-0.2, -0.15) is 0 Å². The second-order valence-electron chi connectivity index (χ2n) is 8.63. The van der Waals surface area contributed by atoms with Crippen molar-refractivity contribution in [1.82, 2.24) is 10.2 Å². The molecular weight excluding hydrogens is 509 g/mol. The monoisotopic (exact) mass is 541 g/mol. The Hall–Kier alpha value is -2.29. The number of hydrogen-bond acceptors (Lipinski definition) is 4. The zero-order chi connectivity index (χ0) is 26.3. The predicted molar refractivity (Wildman–Crippen MR) is 142 cm³/mol. The van der Waals surface area contributed by atoms with Crippen molar-refractivity contribution in [3.63, 3.8) is 0 Å². The smallest absolute Gasteiger partial charge is 0.244 e.